The minimum absolute atomic E-state index is 0.220. The first-order valence-corrected chi connectivity index (χ1v) is 11.7. The number of rotatable bonds is 6. The van der Waals surface area contributed by atoms with E-state index in [2.05, 4.69) is 47.6 Å². The molecule has 26 heavy (non-hydrogen) atoms. The summed E-state index contributed by atoms with van der Waals surface area (Å²) >= 11 is 0. The quantitative estimate of drug-likeness (QED) is 0.289. The first kappa shape index (κ1) is 21.2. The van der Waals surface area contributed by atoms with Crippen LogP contribution in [-0.4, -0.2) is 14.4 Å². The van der Waals surface area contributed by atoms with Crippen molar-refractivity contribution in [2.45, 2.75) is 83.0 Å². The molecule has 2 unspecified atom stereocenters. The summed E-state index contributed by atoms with van der Waals surface area (Å²) in [7, 11) is -2.17. The van der Waals surface area contributed by atoms with Crippen molar-refractivity contribution in [2.24, 2.45) is 0 Å². The van der Waals surface area contributed by atoms with E-state index in [9.17, 15) is 13.2 Å². The van der Waals surface area contributed by atoms with Crippen LogP contribution in [0.3, 0.4) is 0 Å². The predicted octanol–water partition coefficient (Wildman–Crippen LogP) is 7.10. The summed E-state index contributed by atoms with van der Waals surface area (Å²) in [6, 6.07) is 1.66. The Morgan fingerprint density at radius 3 is 1.96 bits per heavy atom. The molecule has 0 fully saturated rings. The van der Waals surface area contributed by atoms with Crippen LogP contribution >= 0.6 is 0 Å². The number of allylic oxidation sites excluding steroid dienone is 1. The maximum atomic E-state index is 14.4. The van der Waals surface area contributed by atoms with Crippen LogP contribution in [0.2, 0.25) is 16.6 Å². The molecule has 0 heterocycles. The van der Waals surface area contributed by atoms with Crippen molar-refractivity contribution in [3.63, 3.8) is 0 Å². The molecule has 1 nitrogen and oxygen atoms in total. The van der Waals surface area contributed by atoms with Gasteiger partial charge in [-0.05, 0) is 41.1 Å². The highest BCUT2D eigenvalue weighted by Gasteiger charge is 2.47. The Hall–Kier alpha value is -1.07. The van der Waals surface area contributed by atoms with Gasteiger partial charge in [-0.15, -0.1) is 0 Å². The Labute approximate surface area is 156 Å². The molecule has 0 aromatic heterocycles. The van der Waals surface area contributed by atoms with Gasteiger partial charge in [0.2, 0.25) is 8.32 Å². The van der Waals surface area contributed by atoms with Gasteiger partial charge in [-0.25, -0.2) is 13.2 Å². The molecule has 0 spiro atoms. The Balaban J connectivity index is 2.44. The largest absolute Gasteiger partial charge is 0.409 e. The molecule has 1 aliphatic rings. The first-order valence-electron chi connectivity index (χ1n) is 9.60. The third-order valence-electron chi connectivity index (χ3n) is 5.85. The van der Waals surface area contributed by atoms with E-state index in [1.807, 2.05) is 6.08 Å². The van der Waals surface area contributed by atoms with Gasteiger partial charge in [0.15, 0.2) is 11.6 Å². The Kier molecular flexibility index (Phi) is 6.78. The molecular weight excluding hydrogens is 353 g/mol. The number of hydrogen-bond acceptors (Lipinski definition) is 1. The second kappa shape index (κ2) is 8.30. The number of benzene rings is 1. The highest BCUT2D eigenvalue weighted by atomic mass is 28.4. The average Bonchev–Trinajstić information content (AvgIpc) is 2.55. The Morgan fingerprint density at radius 2 is 1.42 bits per heavy atom. The zero-order chi connectivity index (χ0) is 19.6. The van der Waals surface area contributed by atoms with E-state index >= 15 is 0 Å². The molecule has 1 aromatic carbocycles. The van der Waals surface area contributed by atoms with Gasteiger partial charge in [0, 0.05) is 12.0 Å². The van der Waals surface area contributed by atoms with E-state index in [0.717, 1.165) is 12.5 Å². The van der Waals surface area contributed by atoms with Crippen LogP contribution in [0.25, 0.3) is 0 Å². The topological polar surface area (TPSA) is 9.23 Å². The summed E-state index contributed by atoms with van der Waals surface area (Å²) < 4.78 is 48.4. The fraction of sp³-hybridized carbons (Fsp3) is 0.619. The van der Waals surface area contributed by atoms with Crippen LogP contribution in [-0.2, 0) is 4.43 Å². The summed E-state index contributed by atoms with van der Waals surface area (Å²) in [4.78, 5) is 0. The SMILES string of the molecule is CC(C)[Si](OC1C=CCCC1c1cc(F)c(F)cc1F)(C(C)C)C(C)C. The van der Waals surface area contributed by atoms with Crippen molar-refractivity contribution in [3.8, 4) is 0 Å². The van der Waals surface area contributed by atoms with Crippen LogP contribution in [0, 0.1) is 17.5 Å². The molecule has 1 aromatic rings. The van der Waals surface area contributed by atoms with Gasteiger partial charge in [0.1, 0.15) is 5.82 Å². The van der Waals surface area contributed by atoms with E-state index < -0.39 is 25.8 Å². The molecule has 0 radical (unpaired) electrons. The fourth-order valence-corrected chi connectivity index (χ4v) is 10.3. The molecule has 2 atom stereocenters. The molecule has 0 bridgehead atoms. The minimum Gasteiger partial charge on any atom is -0.409 e. The molecule has 2 rings (SSSR count). The molecular formula is C21H31F3OSi. The summed E-state index contributed by atoms with van der Waals surface area (Å²) in [6.45, 7) is 13.2. The zero-order valence-corrected chi connectivity index (χ0v) is 17.7. The lowest BCUT2D eigenvalue weighted by molar-refractivity contribution is 0.175. The Morgan fingerprint density at radius 1 is 0.885 bits per heavy atom. The Bertz CT molecular complexity index is 633. The molecule has 0 aliphatic heterocycles. The van der Waals surface area contributed by atoms with Crippen LogP contribution in [0.1, 0.15) is 65.9 Å². The lowest BCUT2D eigenvalue weighted by Gasteiger charge is -2.46. The van der Waals surface area contributed by atoms with Crippen LogP contribution in [0.15, 0.2) is 24.3 Å². The maximum absolute atomic E-state index is 14.4. The van der Waals surface area contributed by atoms with Gasteiger partial charge in [0.05, 0.1) is 6.10 Å². The van der Waals surface area contributed by atoms with E-state index in [0.29, 0.717) is 29.1 Å². The third kappa shape index (κ3) is 3.94. The monoisotopic (exact) mass is 384 g/mol. The van der Waals surface area contributed by atoms with Crippen molar-refractivity contribution in [1.82, 2.24) is 0 Å². The predicted molar refractivity (Wildman–Crippen MR) is 103 cm³/mol. The summed E-state index contributed by atoms with van der Waals surface area (Å²) in [6.07, 6.45) is 5.19. The van der Waals surface area contributed by atoms with Crippen molar-refractivity contribution in [2.75, 3.05) is 0 Å². The highest BCUT2D eigenvalue weighted by Crippen LogP contribution is 2.46. The molecule has 5 heteroatoms. The zero-order valence-electron chi connectivity index (χ0n) is 16.7. The van der Waals surface area contributed by atoms with Gasteiger partial charge in [-0.2, -0.15) is 0 Å². The standard InChI is InChI=1S/C21H31F3OSi/c1-13(2)26(14(3)4,15(5)6)25-21-10-8-7-9-16(21)17-11-19(23)20(24)12-18(17)22/h8,10-16,21H,7,9H2,1-6H3. The van der Waals surface area contributed by atoms with E-state index in [-0.39, 0.29) is 17.6 Å². The lowest BCUT2D eigenvalue weighted by Crippen LogP contribution is -2.51. The number of halogens is 3. The van der Waals surface area contributed by atoms with Gasteiger partial charge in [-0.3, -0.25) is 0 Å². The number of hydrogen-bond donors (Lipinski definition) is 0. The van der Waals surface area contributed by atoms with Crippen molar-refractivity contribution < 1.29 is 17.6 Å². The normalized spacial score (nSPS) is 21.2. The smallest absolute Gasteiger partial charge is 0.201 e. The molecule has 0 saturated heterocycles. The third-order valence-corrected chi connectivity index (χ3v) is 11.9. The summed E-state index contributed by atoms with van der Waals surface area (Å²) in [5, 5.41) is 0. The second-order valence-corrected chi connectivity index (χ2v) is 13.7. The van der Waals surface area contributed by atoms with Crippen molar-refractivity contribution >= 4 is 8.32 Å². The summed E-state index contributed by atoms with van der Waals surface area (Å²) in [5.74, 6) is -3.14. The molecule has 0 saturated carbocycles. The van der Waals surface area contributed by atoms with Gasteiger partial charge in [-0.1, -0.05) is 53.7 Å². The van der Waals surface area contributed by atoms with Gasteiger partial charge >= 0.3 is 0 Å². The fourth-order valence-electron chi connectivity index (χ4n) is 4.72. The molecule has 0 amide bonds. The second-order valence-electron chi connectivity index (χ2n) is 8.30. The lowest BCUT2D eigenvalue weighted by atomic mass is 9.85. The van der Waals surface area contributed by atoms with E-state index in [1.165, 1.54) is 0 Å². The van der Waals surface area contributed by atoms with Crippen molar-refractivity contribution in [1.29, 1.82) is 0 Å². The minimum atomic E-state index is -2.17. The highest BCUT2D eigenvalue weighted by molar-refractivity contribution is 6.77. The first-order chi connectivity index (χ1) is 12.1. The molecule has 1 aliphatic carbocycles. The van der Waals surface area contributed by atoms with Crippen LogP contribution in [0.4, 0.5) is 13.2 Å². The van der Waals surface area contributed by atoms with Gasteiger partial charge in [0.25, 0.3) is 0 Å². The van der Waals surface area contributed by atoms with Crippen LogP contribution < -0.4 is 0 Å². The van der Waals surface area contributed by atoms with E-state index in [1.54, 1.807) is 0 Å². The van der Waals surface area contributed by atoms with Crippen LogP contribution in [0.5, 0.6) is 0 Å². The van der Waals surface area contributed by atoms with Gasteiger partial charge < -0.3 is 4.43 Å². The van der Waals surface area contributed by atoms with Crippen molar-refractivity contribution in [3.05, 3.63) is 47.3 Å². The van der Waals surface area contributed by atoms with E-state index in [4.69, 9.17) is 4.43 Å². The summed E-state index contributed by atoms with van der Waals surface area (Å²) in [5.41, 5.74) is 1.41. The maximum Gasteiger partial charge on any atom is 0.201 e. The average molecular weight is 385 g/mol. The molecule has 0 N–H and O–H groups in total. The molecule has 146 valence electrons.